The van der Waals surface area contributed by atoms with Crippen molar-refractivity contribution in [3.05, 3.63) is 60.7 Å². The van der Waals surface area contributed by atoms with Crippen LogP contribution in [0.4, 0.5) is 0 Å². The van der Waals surface area contributed by atoms with Gasteiger partial charge in [0.25, 0.3) is 0 Å². The summed E-state index contributed by atoms with van der Waals surface area (Å²) in [7, 11) is -1.30. The van der Waals surface area contributed by atoms with Crippen molar-refractivity contribution in [2.24, 2.45) is 0 Å². The van der Waals surface area contributed by atoms with E-state index in [1.54, 1.807) is 24.3 Å². The Balaban J connectivity index is 0.00000144. The lowest BCUT2D eigenvalue weighted by molar-refractivity contribution is 0.298. The molecule has 2 rings (SSSR count). The second-order valence-electron chi connectivity index (χ2n) is 3.17. The molecule has 0 atom stereocenters. The van der Waals surface area contributed by atoms with Crippen LogP contribution in [0.2, 0.25) is 0 Å². The second kappa shape index (κ2) is 6.66. The molecule has 5 heteroatoms. The van der Waals surface area contributed by atoms with Gasteiger partial charge in [-0.25, -0.2) is 0 Å². The summed E-state index contributed by atoms with van der Waals surface area (Å²) in [5.41, 5.74) is 0. The minimum absolute atomic E-state index is 0. The predicted molar refractivity (Wildman–Crippen MR) is 72.1 cm³/mol. The van der Waals surface area contributed by atoms with Gasteiger partial charge in [0.15, 0.2) is 0 Å². The largest absolute Gasteiger partial charge is 0.785 e. The predicted octanol–water partition coefficient (Wildman–Crippen LogP) is 0.938. The lowest BCUT2D eigenvalue weighted by Crippen LogP contribution is -2.29. The maximum absolute atomic E-state index is 9.51. The summed E-state index contributed by atoms with van der Waals surface area (Å²) in [5, 5.41) is 9.51. The zero-order chi connectivity index (χ0) is 11.2. The summed E-state index contributed by atoms with van der Waals surface area (Å²) in [6.45, 7) is 0. The number of hydrogen-bond acceptors (Lipinski definition) is 3. The first kappa shape index (κ1) is 13.2. The number of rotatable bonds is 4. The van der Waals surface area contributed by atoms with Gasteiger partial charge in [0.05, 0.1) is 8.41 Å². The first-order chi connectivity index (χ1) is 7.84. The molecule has 1 N–H and O–H groups in total. The van der Waals surface area contributed by atoms with Crippen molar-refractivity contribution < 1.29 is 14.3 Å². The summed E-state index contributed by atoms with van der Waals surface area (Å²) in [6.07, 6.45) is 0. The molecule has 0 bridgehead atoms. The van der Waals surface area contributed by atoms with Crippen LogP contribution in [0.1, 0.15) is 0 Å². The van der Waals surface area contributed by atoms with Crippen molar-refractivity contribution in [2.75, 3.05) is 0 Å². The average molecular weight is 228 g/mol. The number of benzene rings is 2. The molecule has 2 aromatic rings. The van der Waals surface area contributed by atoms with Gasteiger partial charge in [0.1, 0.15) is 11.5 Å². The molecule has 86 valence electrons. The lowest BCUT2D eigenvalue weighted by Gasteiger charge is -2.10. The molecule has 0 heterocycles. The van der Waals surface area contributed by atoms with E-state index in [1.165, 1.54) is 0 Å². The smallest absolute Gasteiger partial charge is 0.501 e. The zero-order valence-corrected chi connectivity index (χ0v) is 8.61. The maximum atomic E-state index is 9.51. The van der Waals surface area contributed by atoms with Crippen LogP contribution in [-0.4, -0.2) is 20.8 Å². The van der Waals surface area contributed by atoms with Crippen LogP contribution in [0.5, 0.6) is 11.5 Å². The Bertz CT molecular complexity index is 381. The molecule has 17 heavy (non-hydrogen) atoms. The summed E-state index contributed by atoms with van der Waals surface area (Å²) in [4.78, 5) is 0. The van der Waals surface area contributed by atoms with Gasteiger partial charge in [-0.3, -0.25) is 0 Å². The van der Waals surface area contributed by atoms with Gasteiger partial charge >= 0.3 is 7.32 Å². The Kier molecular flexibility index (Phi) is 5.17. The second-order valence-corrected chi connectivity index (χ2v) is 3.17. The molecule has 0 spiro atoms. The lowest BCUT2D eigenvalue weighted by atomic mass is 10.2. The third-order valence-corrected chi connectivity index (χ3v) is 1.96. The molecule has 0 fully saturated rings. The molecule has 0 saturated carbocycles. The van der Waals surface area contributed by atoms with E-state index in [-0.39, 0.29) is 8.41 Å². The van der Waals surface area contributed by atoms with E-state index in [2.05, 4.69) is 0 Å². The Morgan fingerprint density at radius 1 is 0.706 bits per heavy atom. The topological polar surface area (TPSA) is 38.7 Å². The highest BCUT2D eigenvalue weighted by Crippen LogP contribution is 2.12. The third-order valence-electron chi connectivity index (χ3n) is 1.96. The van der Waals surface area contributed by atoms with Gasteiger partial charge in [-0.15, -0.1) is 0 Å². The van der Waals surface area contributed by atoms with E-state index in [0.29, 0.717) is 11.5 Å². The van der Waals surface area contributed by atoms with E-state index in [0.717, 1.165) is 0 Å². The first-order valence-corrected chi connectivity index (χ1v) is 4.96. The summed E-state index contributed by atoms with van der Waals surface area (Å²) in [5.74, 6) is 1.12. The van der Waals surface area contributed by atoms with Crippen molar-refractivity contribution >= 4 is 15.7 Å². The van der Waals surface area contributed by atoms with Crippen LogP contribution in [0.3, 0.4) is 0 Å². The molecule has 0 radical (unpaired) electrons. The van der Waals surface area contributed by atoms with Gasteiger partial charge < -0.3 is 14.3 Å². The molecule has 3 nitrogen and oxygen atoms in total. The summed E-state index contributed by atoms with van der Waals surface area (Å²) in [6, 6.07) is 18.0. The quantitative estimate of drug-likeness (QED) is 0.791. The highest BCUT2D eigenvalue weighted by molar-refractivity contribution is 6.36. The van der Waals surface area contributed by atoms with Crippen LogP contribution in [0.15, 0.2) is 60.7 Å². The van der Waals surface area contributed by atoms with E-state index in [4.69, 9.17) is 9.31 Å². The van der Waals surface area contributed by atoms with Crippen LogP contribution < -0.4 is 9.31 Å². The van der Waals surface area contributed by atoms with Crippen LogP contribution >= 0.6 is 0 Å². The Morgan fingerprint density at radius 2 is 1.06 bits per heavy atom. The SMILES string of the molecule is B.OB(Oc1ccccc1)Oc1ccccc1. The molecular weight excluding hydrogens is 214 g/mol. The minimum atomic E-state index is -1.30. The Morgan fingerprint density at radius 3 is 1.41 bits per heavy atom. The fourth-order valence-electron chi connectivity index (χ4n) is 1.26. The van der Waals surface area contributed by atoms with Crippen molar-refractivity contribution in [1.82, 2.24) is 0 Å². The highest BCUT2D eigenvalue weighted by atomic mass is 16.7. The summed E-state index contributed by atoms with van der Waals surface area (Å²) >= 11 is 0. The van der Waals surface area contributed by atoms with Crippen LogP contribution in [-0.2, 0) is 0 Å². The summed E-state index contributed by atoms with van der Waals surface area (Å²) < 4.78 is 10.3. The molecule has 0 aliphatic heterocycles. The fraction of sp³-hybridized carbons (Fsp3) is 0. The molecule has 2 aromatic carbocycles. The normalized spacial score (nSPS) is 9.00. The van der Waals surface area contributed by atoms with Gasteiger partial charge in [-0.1, -0.05) is 36.4 Å². The van der Waals surface area contributed by atoms with Gasteiger partial charge in [0, 0.05) is 0 Å². The maximum Gasteiger partial charge on any atom is 0.785 e. The highest BCUT2D eigenvalue weighted by Gasteiger charge is 2.20. The molecular formula is C12H14B2O3. The van der Waals surface area contributed by atoms with Crippen molar-refractivity contribution in [2.45, 2.75) is 0 Å². The van der Waals surface area contributed by atoms with Crippen LogP contribution in [0, 0.1) is 0 Å². The van der Waals surface area contributed by atoms with Crippen LogP contribution in [0.25, 0.3) is 0 Å². The molecule has 0 saturated heterocycles. The average Bonchev–Trinajstić information content (AvgIpc) is 2.31. The molecule has 0 unspecified atom stereocenters. The first-order valence-electron chi connectivity index (χ1n) is 4.96. The van der Waals surface area contributed by atoms with Gasteiger partial charge in [-0.2, -0.15) is 0 Å². The monoisotopic (exact) mass is 228 g/mol. The minimum Gasteiger partial charge on any atom is -0.501 e. The number of hydrogen-bond donors (Lipinski definition) is 1. The molecule has 0 aliphatic carbocycles. The Hall–Kier alpha value is -1.87. The van der Waals surface area contributed by atoms with E-state index >= 15 is 0 Å². The van der Waals surface area contributed by atoms with E-state index in [1.807, 2.05) is 36.4 Å². The molecule has 0 aromatic heterocycles. The van der Waals surface area contributed by atoms with Crippen molar-refractivity contribution in [1.29, 1.82) is 0 Å². The van der Waals surface area contributed by atoms with Gasteiger partial charge in [0.2, 0.25) is 0 Å². The fourth-order valence-corrected chi connectivity index (χ4v) is 1.26. The van der Waals surface area contributed by atoms with E-state index in [9.17, 15) is 5.02 Å². The van der Waals surface area contributed by atoms with Crippen molar-refractivity contribution in [3.63, 3.8) is 0 Å². The number of para-hydroxylation sites is 2. The standard InChI is InChI=1S/C12H11BO3.BH3/c14-13(15-11-7-3-1-4-8-11)16-12-9-5-2-6-10-12;/h1-10,14H;1H3. The molecule has 0 amide bonds. The van der Waals surface area contributed by atoms with Gasteiger partial charge in [-0.05, 0) is 24.3 Å². The van der Waals surface area contributed by atoms with E-state index < -0.39 is 7.32 Å². The zero-order valence-electron chi connectivity index (χ0n) is 8.61. The third kappa shape index (κ3) is 4.25. The molecule has 0 aliphatic rings. The van der Waals surface area contributed by atoms with Crippen molar-refractivity contribution in [3.8, 4) is 11.5 Å². The Labute approximate surface area is 103 Å².